The van der Waals surface area contributed by atoms with Gasteiger partial charge < -0.3 is 25.2 Å². The minimum absolute atomic E-state index is 0.215. The van der Waals surface area contributed by atoms with Crippen LogP contribution in [-0.4, -0.2) is 74.4 Å². The van der Waals surface area contributed by atoms with E-state index in [1.165, 1.54) is 16.7 Å². The van der Waals surface area contributed by atoms with Crippen molar-refractivity contribution in [3.05, 3.63) is 66.4 Å². The van der Waals surface area contributed by atoms with Crippen molar-refractivity contribution >= 4 is 29.3 Å². The lowest BCUT2D eigenvalue weighted by molar-refractivity contribution is 0.122. The summed E-state index contributed by atoms with van der Waals surface area (Å²) in [5.74, 6) is 2.43. The van der Waals surface area contributed by atoms with E-state index in [2.05, 4.69) is 45.9 Å². The van der Waals surface area contributed by atoms with Gasteiger partial charge in [0.15, 0.2) is 16.5 Å². The summed E-state index contributed by atoms with van der Waals surface area (Å²) in [5, 5.41) is 5.73. The zero-order valence-corrected chi connectivity index (χ0v) is 21.2. The molecule has 0 aliphatic carbocycles. The minimum atomic E-state index is -0.215. The molecule has 9 heteroatoms. The predicted molar refractivity (Wildman–Crippen MR) is 143 cm³/mol. The van der Waals surface area contributed by atoms with Gasteiger partial charge >= 0.3 is 6.03 Å². The van der Waals surface area contributed by atoms with Crippen molar-refractivity contribution in [2.75, 3.05) is 63.7 Å². The van der Waals surface area contributed by atoms with Gasteiger partial charge in [-0.25, -0.2) is 14.8 Å². The maximum absolute atomic E-state index is 12.1. The van der Waals surface area contributed by atoms with Gasteiger partial charge in [0.25, 0.3) is 0 Å². The van der Waals surface area contributed by atoms with E-state index in [0.29, 0.717) is 25.6 Å². The normalized spacial score (nSPS) is 13.6. The summed E-state index contributed by atoms with van der Waals surface area (Å²) in [6.45, 7) is 4.41. The summed E-state index contributed by atoms with van der Waals surface area (Å²) < 4.78 is 5.52. The van der Waals surface area contributed by atoms with Crippen molar-refractivity contribution < 1.29 is 9.53 Å². The van der Waals surface area contributed by atoms with Crippen molar-refractivity contribution in [3.8, 4) is 11.4 Å². The first kappa shape index (κ1) is 25.0. The number of benzene rings is 2. The Kier molecular flexibility index (Phi) is 8.94. The summed E-state index contributed by atoms with van der Waals surface area (Å²) in [5.41, 5.74) is 2.64. The molecule has 2 heterocycles. The number of hydrogen-bond donors (Lipinski definition) is 2. The third-order valence-corrected chi connectivity index (χ3v) is 6.67. The molecule has 1 saturated heterocycles. The van der Waals surface area contributed by atoms with E-state index in [9.17, 15) is 4.79 Å². The Morgan fingerprint density at radius 3 is 2.51 bits per heavy atom. The minimum Gasteiger partial charge on any atom is -0.378 e. The molecule has 35 heavy (non-hydrogen) atoms. The van der Waals surface area contributed by atoms with Crippen LogP contribution in [0.3, 0.4) is 0 Å². The number of likely N-dealkylation sites (N-methyl/N-ethyl adjacent to an activating group) is 1. The summed E-state index contributed by atoms with van der Waals surface area (Å²) in [6.07, 6.45) is 0. The molecule has 0 spiro atoms. The standard InChI is InChI=1S/C26H32N6O2S/c1-31(2)13-12-27-26(33)29-21-10-8-20(9-11-21)25-28-22(19-35-23-6-4-3-5-7-23)18-24(30-25)32-14-16-34-17-15-32/h3-11,18H,12-17,19H2,1-2H3,(H2,27,29,33)/p+1. The second-order valence-electron chi connectivity index (χ2n) is 8.55. The summed E-state index contributed by atoms with van der Waals surface area (Å²) in [6, 6.07) is 20.0. The van der Waals surface area contributed by atoms with Gasteiger partial charge in [-0.2, -0.15) is 0 Å². The van der Waals surface area contributed by atoms with Crippen LogP contribution in [0.15, 0.2) is 65.6 Å². The molecule has 0 unspecified atom stereocenters. The first-order valence-electron chi connectivity index (χ1n) is 11.8. The van der Waals surface area contributed by atoms with Gasteiger partial charge in [0.2, 0.25) is 0 Å². The van der Waals surface area contributed by atoms with E-state index in [1.807, 2.05) is 49.3 Å². The Morgan fingerprint density at radius 2 is 1.80 bits per heavy atom. The fraction of sp³-hybridized carbons (Fsp3) is 0.346. The van der Waals surface area contributed by atoms with E-state index in [4.69, 9.17) is 14.7 Å². The van der Waals surface area contributed by atoms with Crippen LogP contribution in [0.2, 0.25) is 0 Å². The molecule has 1 fully saturated rings. The molecule has 1 aromatic heterocycles. The highest BCUT2D eigenvalue weighted by molar-refractivity contribution is 7.77. The Bertz CT molecular complexity index is 1090. The van der Waals surface area contributed by atoms with Crippen molar-refractivity contribution in [1.29, 1.82) is 0 Å². The monoisotopic (exact) mass is 493 g/mol. The number of urea groups is 1. The molecule has 2 amide bonds. The van der Waals surface area contributed by atoms with Gasteiger partial charge in [0.1, 0.15) is 5.82 Å². The largest absolute Gasteiger partial charge is 0.378 e. The van der Waals surface area contributed by atoms with Crippen LogP contribution in [0.1, 0.15) is 5.69 Å². The Hall–Kier alpha value is -3.14. The highest BCUT2D eigenvalue weighted by Gasteiger charge is 2.17. The number of ether oxygens (including phenoxy) is 1. The van der Waals surface area contributed by atoms with Crippen molar-refractivity contribution in [2.24, 2.45) is 0 Å². The number of nitrogens with one attached hydrogen (secondary N) is 2. The van der Waals surface area contributed by atoms with Crippen LogP contribution in [-0.2, 0) is 22.3 Å². The van der Waals surface area contributed by atoms with E-state index in [1.54, 1.807) is 0 Å². The highest BCUT2D eigenvalue weighted by Crippen LogP contribution is 2.23. The number of aromatic nitrogens is 2. The zero-order chi connectivity index (χ0) is 24.5. The Balaban J connectivity index is 1.49. The van der Waals surface area contributed by atoms with Gasteiger partial charge in [-0.3, -0.25) is 0 Å². The number of hydrogen-bond acceptors (Lipinski definition) is 6. The van der Waals surface area contributed by atoms with E-state index < -0.39 is 0 Å². The SMILES string of the molecule is CN(C)CCNC(=O)Nc1ccc(-c2nc(C[SH+]c3ccccc3)cc(N3CCOCC3)n2)cc1. The predicted octanol–water partition coefficient (Wildman–Crippen LogP) is 3.04. The van der Waals surface area contributed by atoms with Gasteiger partial charge in [0.05, 0.1) is 18.9 Å². The zero-order valence-electron chi connectivity index (χ0n) is 20.3. The summed E-state index contributed by atoms with van der Waals surface area (Å²) in [4.78, 5) is 27.4. The number of anilines is 2. The maximum atomic E-state index is 12.1. The van der Waals surface area contributed by atoms with Crippen LogP contribution in [0.5, 0.6) is 0 Å². The molecule has 4 rings (SSSR count). The van der Waals surface area contributed by atoms with Gasteiger partial charge in [0, 0.05) is 55.3 Å². The third-order valence-electron chi connectivity index (χ3n) is 5.53. The molecule has 0 atom stereocenters. The molecular formula is C26H33N6O2S+. The van der Waals surface area contributed by atoms with Crippen molar-refractivity contribution in [1.82, 2.24) is 20.2 Å². The van der Waals surface area contributed by atoms with Crippen molar-refractivity contribution in [2.45, 2.75) is 10.6 Å². The van der Waals surface area contributed by atoms with E-state index in [0.717, 1.165) is 48.1 Å². The van der Waals surface area contributed by atoms with E-state index in [-0.39, 0.29) is 6.03 Å². The second kappa shape index (κ2) is 12.5. The molecule has 8 nitrogen and oxygen atoms in total. The quantitative estimate of drug-likeness (QED) is 0.352. The lowest BCUT2D eigenvalue weighted by atomic mass is 10.2. The molecule has 0 bridgehead atoms. The summed E-state index contributed by atoms with van der Waals surface area (Å²) >= 11 is 1.20. The van der Waals surface area contributed by atoms with Crippen LogP contribution in [0, 0.1) is 0 Å². The average molecular weight is 494 g/mol. The first-order valence-corrected chi connectivity index (χ1v) is 12.9. The molecule has 0 saturated carbocycles. The number of carbonyl (C=O) groups is 1. The summed E-state index contributed by atoms with van der Waals surface area (Å²) in [7, 11) is 3.95. The molecule has 3 aromatic rings. The molecule has 1 aliphatic heterocycles. The van der Waals surface area contributed by atoms with Gasteiger partial charge in [-0.05, 0) is 50.5 Å². The van der Waals surface area contributed by atoms with Crippen LogP contribution >= 0.6 is 0 Å². The third kappa shape index (κ3) is 7.68. The smallest absolute Gasteiger partial charge is 0.319 e. The maximum Gasteiger partial charge on any atom is 0.319 e. The molecule has 0 radical (unpaired) electrons. The fourth-order valence-electron chi connectivity index (χ4n) is 3.62. The lowest BCUT2D eigenvalue weighted by Crippen LogP contribution is -2.37. The number of carbonyl (C=O) groups excluding carboxylic acids is 1. The number of rotatable bonds is 9. The molecule has 2 N–H and O–H groups in total. The van der Waals surface area contributed by atoms with Crippen LogP contribution in [0.4, 0.5) is 16.3 Å². The number of thiol groups is 1. The van der Waals surface area contributed by atoms with Crippen molar-refractivity contribution in [3.63, 3.8) is 0 Å². The Morgan fingerprint density at radius 1 is 1.06 bits per heavy atom. The molecule has 1 aliphatic rings. The topological polar surface area (TPSA) is 82.6 Å². The number of amides is 2. The fourth-order valence-corrected chi connectivity index (χ4v) is 4.51. The number of nitrogens with zero attached hydrogens (tertiary/aromatic N) is 4. The molecule has 2 aromatic carbocycles. The van der Waals surface area contributed by atoms with E-state index >= 15 is 0 Å². The Labute approximate surface area is 211 Å². The molecule has 184 valence electrons. The van der Waals surface area contributed by atoms with Gasteiger partial charge in [-0.1, -0.05) is 18.2 Å². The highest BCUT2D eigenvalue weighted by atomic mass is 32.2. The van der Waals surface area contributed by atoms with Crippen LogP contribution < -0.4 is 15.5 Å². The number of morpholine rings is 1. The van der Waals surface area contributed by atoms with Crippen LogP contribution in [0.25, 0.3) is 11.4 Å². The molecular weight excluding hydrogens is 460 g/mol. The first-order chi connectivity index (χ1) is 17.1. The lowest BCUT2D eigenvalue weighted by Gasteiger charge is -2.28. The average Bonchev–Trinajstić information content (AvgIpc) is 2.88. The second-order valence-corrected chi connectivity index (χ2v) is 9.70. The van der Waals surface area contributed by atoms with Gasteiger partial charge in [-0.15, -0.1) is 0 Å².